The molecule has 6 nitrogen and oxygen atoms in total. The highest BCUT2D eigenvalue weighted by atomic mass is 32.2. The van der Waals surface area contributed by atoms with Crippen LogP contribution in [0.25, 0.3) is 0 Å². The van der Waals surface area contributed by atoms with Crippen LogP contribution in [0.2, 0.25) is 0 Å². The summed E-state index contributed by atoms with van der Waals surface area (Å²) < 4.78 is 43.5. The lowest BCUT2D eigenvalue weighted by Gasteiger charge is -2.31. The van der Waals surface area contributed by atoms with Crippen molar-refractivity contribution in [1.82, 2.24) is 4.90 Å². The molecule has 2 aromatic carbocycles. The van der Waals surface area contributed by atoms with Gasteiger partial charge in [-0.15, -0.1) is 0 Å². The number of anilines is 1. The van der Waals surface area contributed by atoms with Gasteiger partial charge in [0, 0.05) is 32.4 Å². The fourth-order valence-electron chi connectivity index (χ4n) is 3.52. The molecule has 0 aliphatic carbocycles. The van der Waals surface area contributed by atoms with Gasteiger partial charge in [-0.05, 0) is 43.2 Å². The normalized spacial score (nSPS) is 18.6. The van der Waals surface area contributed by atoms with Crippen LogP contribution in [0.1, 0.15) is 18.9 Å². The quantitative estimate of drug-likeness (QED) is 0.670. The monoisotopic (exact) mass is 434 g/mol. The van der Waals surface area contributed by atoms with Crippen LogP contribution in [0.15, 0.2) is 48.5 Å². The molecule has 0 aromatic heterocycles. The second-order valence-corrected chi connectivity index (χ2v) is 10.0. The van der Waals surface area contributed by atoms with Gasteiger partial charge in [-0.1, -0.05) is 24.3 Å². The number of rotatable bonds is 7. The molecule has 30 heavy (non-hydrogen) atoms. The number of carbonyl (C=O) groups is 1. The Bertz CT molecular complexity index is 992. The molecule has 0 bridgehead atoms. The predicted molar refractivity (Wildman–Crippen MR) is 115 cm³/mol. The summed E-state index contributed by atoms with van der Waals surface area (Å²) in [6.07, 6.45) is -0.567. The fourth-order valence-corrected chi connectivity index (χ4v) is 5.25. The minimum absolute atomic E-state index is 0.00678. The average molecular weight is 435 g/mol. The van der Waals surface area contributed by atoms with Crippen molar-refractivity contribution in [3.8, 4) is 5.75 Å². The fraction of sp³-hybridized carbons (Fsp3) is 0.409. The maximum Gasteiger partial charge on any atom is 0.263 e. The van der Waals surface area contributed by atoms with Crippen molar-refractivity contribution in [3.63, 3.8) is 0 Å². The van der Waals surface area contributed by atoms with Crippen LogP contribution in [0.4, 0.5) is 10.1 Å². The zero-order valence-electron chi connectivity index (χ0n) is 17.4. The van der Waals surface area contributed by atoms with Crippen LogP contribution in [0.5, 0.6) is 5.75 Å². The summed E-state index contributed by atoms with van der Waals surface area (Å²) in [5.74, 6) is -0.930. The first-order valence-corrected chi connectivity index (χ1v) is 11.7. The molecule has 2 atom stereocenters. The number of ether oxygens (including phenoxy) is 1. The van der Waals surface area contributed by atoms with E-state index in [2.05, 4.69) is 0 Å². The first-order chi connectivity index (χ1) is 14.2. The average Bonchev–Trinajstić information content (AvgIpc) is 3.07. The van der Waals surface area contributed by atoms with Gasteiger partial charge >= 0.3 is 0 Å². The Labute approximate surface area is 177 Å². The third kappa shape index (κ3) is 5.30. The van der Waals surface area contributed by atoms with E-state index < -0.39 is 27.8 Å². The number of hydrogen-bond donors (Lipinski definition) is 0. The third-order valence-corrected chi connectivity index (χ3v) is 6.98. The maximum atomic E-state index is 13.9. The molecule has 8 heteroatoms. The number of hydrogen-bond acceptors (Lipinski definition) is 5. The molecule has 1 aliphatic rings. The number of halogens is 1. The molecule has 1 fully saturated rings. The standard InChI is InChI=1S/C22H27FN2O4S/c1-16(29-21-7-5-4-6-20(21)23)22(26)25(19-12-13-30(27,28)15-19)14-17-8-10-18(11-9-17)24(2)3/h4-11,16,19H,12-15H2,1-3H3/t16-,19+/m1/s1. The molecule has 1 aliphatic heterocycles. The van der Waals surface area contributed by atoms with Gasteiger partial charge in [-0.3, -0.25) is 4.79 Å². The van der Waals surface area contributed by atoms with Crippen LogP contribution in [0, 0.1) is 5.82 Å². The zero-order valence-corrected chi connectivity index (χ0v) is 18.2. The molecule has 2 aromatic rings. The molecule has 1 saturated heterocycles. The number of benzene rings is 2. The van der Waals surface area contributed by atoms with E-state index in [0.717, 1.165) is 11.3 Å². The van der Waals surface area contributed by atoms with Crippen LogP contribution in [-0.2, 0) is 21.2 Å². The van der Waals surface area contributed by atoms with Crippen LogP contribution >= 0.6 is 0 Å². The molecule has 1 heterocycles. The Balaban J connectivity index is 1.81. The smallest absolute Gasteiger partial charge is 0.263 e. The van der Waals surface area contributed by atoms with E-state index >= 15 is 0 Å². The maximum absolute atomic E-state index is 13.9. The highest BCUT2D eigenvalue weighted by Crippen LogP contribution is 2.24. The lowest BCUT2D eigenvalue weighted by atomic mass is 10.1. The van der Waals surface area contributed by atoms with Gasteiger partial charge in [0.2, 0.25) is 0 Å². The van der Waals surface area contributed by atoms with Crippen molar-refractivity contribution in [3.05, 3.63) is 59.9 Å². The first kappa shape index (κ1) is 22.1. The minimum Gasteiger partial charge on any atom is -0.478 e. The lowest BCUT2D eigenvalue weighted by Crippen LogP contribution is -2.46. The predicted octanol–water partition coefficient (Wildman–Crippen LogP) is 2.87. The van der Waals surface area contributed by atoms with Gasteiger partial charge in [-0.25, -0.2) is 12.8 Å². The third-order valence-electron chi connectivity index (χ3n) is 5.23. The topological polar surface area (TPSA) is 66.9 Å². The van der Waals surface area contributed by atoms with E-state index in [9.17, 15) is 17.6 Å². The molecule has 0 spiro atoms. The highest BCUT2D eigenvalue weighted by molar-refractivity contribution is 7.91. The van der Waals surface area contributed by atoms with E-state index in [1.807, 2.05) is 43.3 Å². The number of carbonyl (C=O) groups excluding carboxylic acids is 1. The molecular formula is C22H27FN2O4S. The van der Waals surface area contributed by atoms with Crippen molar-refractivity contribution in [2.45, 2.75) is 32.0 Å². The number of sulfone groups is 1. The molecule has 162 valence electrons. The van der Waals surface area contributed by atoms with Crippen LogP contribution in [0.3, 0.4) is 0 Å². The van der Waals surface area contributed by atoms with E-state index in [4.69, 9.17) is 4.74 Å². The SMILES string of the molecule is C[C@@H](Oc1ccccc1F)C(=O)N(Cc1ccc(N(C)C)cc1)[C@H]1CCS(=O)(=O)C1. The summed E-state index contributed by atoms with van der Waals surface area (Å²) >= 11 is 0. The van der Waals surface area contributed by atoms with Gasteiger partial charge in [0.25, 0.3) is 5.91 Å². The lowest BCUT2D eigenvalue weighted by molar-refractivity contribution is -0.140. The van der Waals surface area contributed by atoms with E-state index in [1.165, 1.54) is 12.1 Å². The summed E-state index contributed by atoms with van der Waals surface area (Å²) in [6, 6.07) is 13.2. The number of para-hydroxylation sites is 1. The molecular weight excluding hydrogens is 407 g/mol. The minimum atomic E-state index is -3.18. The Hall–Kier alpha value is -2.61. The Morgan fingerprint density at radius 1 is 1.17 bits per heavy atom. The van der Waals surface area contributed by atoms with Gasteiger partial charge in [-0.2, -0.15) is 0 Å². The van der Waals surface area contributed by atoms with Gasteiger partial charge in [0.1, 0.15) is 0 Å². The summed E-state index contributed by atoms with van der Waals surface area (Å²) in [7, 11) is 0.704. The van der Waals surface area contributed by atoms with Crippen LogP contribution in [-0.4, -0.2) is 57.0 Å². The summed E-state index contributed by atoms with van der Waals surface area (Å²) in [4.78, 5) is 16.7. The van der Waals surface area contributed by atoms with Gasteiger partial charge < -0.3 is 14.5 Å². The van der Waals surface area contributed by atoms with Crippen molar-refractivity contribution in [1.29, 1.82) is 0 Å². The summed E-state index contributed by atoms with van der Waals surface area (Å²) in [5, 5.41) is 0. The van der Waals surface area contributed by atoms with Crippen molar-refractivity contribution >= 4 is 21.4 Å². The van der Waals surface area contributed by atoms with Crippen molar-refractivity contribution < 1.29 is 22.3 Å². The Kier molecular flexibility index (Phi) is 6.65. The first-order valence-electron chi connectivity index (χ1n) is 9.84. The van der Waals surface area contributed by atoms with Gasteiger partial charge in [0.05, 0.1) is 11.5 Å². The van der Waals surface area contributed by atoms with Gasteiger partial charge in [0.15, 0.2) is 27.5 Å². The van der Waals surface area contributed by atoms with Crippen LogP contribution < -0.4 is 9.64 Å². The molecule has 0 radical (unpaired) electrons. The highest BCUT2D eigenvalue weighted by Gasteiger charge is 2.36. The summed E-state index contributed by atoms with van der Waals surface area (Å²) in [6.45, 7) is 1.82. The van der Waals surface area contributed by atoms with E-state index in [0.29, 0.717) is 6.42 Å². The number of amides is 1. The van der Waals surface area contributed by atoms with E-state index in [-0.39, 0.29) is 29.7 Å². The second kappa shape index (κ2) is 9.04. The largest absolute Gasteiger partial charge is 0.478 e. The molecule has 0 unspecified atom stereocenters. The molecule has 0 saturated carbocycles. The second-order valence-electron chi connectivity index (χ2n) is 7.77. The number of nitrogens with zero attached hydrogens (tertiary/aromatic N) is 2. The van der Waals surface area contributed by atoms with Crippen molar-refractivity contribution in [2.24, 2.45) is 0 Å². The molecule has 1 amide bonds. The van der Waals surface area contributed by atoms with E-state index in [1.54, 1.807) is 24.0 Å². The zero-order chi connectivity index (χ0) is 21.9. The molecule has 0 N–H and O–H groups in total. The molecule has 3 rings (SSSR count). The summed E-state index contributed by atoms with van der Waals surface area (Å²) in [5.41, 5.74) is 1.91. The Morgan fingerprint density at radius 2 is 1.83 bits per heavy atom. The van der Waals surface area contributed by atoms with Crippen molar-refractivity contribution in [2.75, 3.05) is 30.5 Å². The Morgan fingerprint density at radius 3 is 2.40 bits per heavy atom.